The Morgan fingerprint density at radius 1 is 1.18 bits per heavy atom. The number of carbonyl (C=O) groups excluding carboxylic acids is 2. The molecular formula is C26H32N4O4. The number of hydrogen-bond donors (Lipinski definition) is 2. The van der Waals surface area contributed by atoms with Gasteiger partial charge in [-0.1, -0.05) is 26.3 Å². The van der Waals surface area contributed by atoms with Crippen molar-refractivity contribution < 1.29 is 19.4 Å². The van der Waals surface area contributed by atoms with Crippen LogP contribution in [0.3, 0.4) is 0 Å². The highest BCUT2D eigenvalue weighted by atomic mass is 16.5. The van der Waals surface area contributed by atoms with Crippen molar-refractivity contribution in [1.29, 1.82) is 0 Å². The number of carbonyl (C=O) groups is 2. The van der Waals surface area contributed by atoms with E-state index in [1.54, 1.807) is 11.0 Å². The Kier molecular flexibility index (Phi) is 7.17. The Morgan fingerprint density at radius 3 is 2.74 bits per heavy atom. The van der Waals surface area contributed by atoms with Crippen LogP contribution in [0.15, 0.2) is 30.3 Å². The summed E-state index contributed by atoms with van der Waals surface area (Å²) in [7, 11) is 2.05. The highest BCUT2D eigenvalue weighted by Crippen LogP contribution is 2.32. The maximum atomic E-state index is 13.3. The van der Waals surface area contributed by atoms with Crippen molar-refractivity contribution in [3.8, 4) is 11.5 Å². The van der Waals surface area contributed by atoms with E-state index < -0.39 is 0 Å². The number of aromatic nitrogens is 2. The zero-order chi connectivity index (χ0) is 24.2. The first kappa shape index (κ1) is 23.8. The van der Waals surface area contributed by atoms with Gasteiger partial charge in [0.25, 0.3) is 5.91 Å². The standard InChI is InChI=1S/C26H32N4O4/c1-4-6-7-23(31)25-20-13-21(24(32)14-22(20)27-28-25)26(33)30-15-17-8-9-19(12-18(17)16-30)34-11-10-29(3)5-2/h8-9,12-14,32H,4-7,10-11,15-16H2,1-3H3,(H,27,28). The van der Waals surface area contributed by atoms with E-state index in [1.807, 2.05) is 25.1 Å². The van der Waals surface area contributed by atoms with E-state index in [2.05, 4.69) is 29.1 Å². The molecule has 2 heterocycles. The minimum absolute atomic E-state index is 0.0663. The lowest BCUT2D eigenvalue weighted by Gasteiger charge is -2.16. The third-order valence-electron chi connectivity index (χ3n) is 6.40. The van der Waals surface area contributed by atoms with Crippen LogP contribution in [-0.2, 0) is 13.1 Å². The number of amides is 1. The molecule has 2 aromatic carbocycles. The lowest BCUT2D eigenvalue weighted by molar-refractivity contribution is 0.0748. The van der Waals surface area contributed by atoms with E-state index in [-0.39, 0.29) is 23.0 Å². The summed E-state index contributed by atoms with van der Waals surface area (Å²) in [4.78, 5) is 29.8. The minimum atomic E-state index is -0.282. The number of ketones is 1. The molecular weight excluding hydrogens is 432 g/mol. The average molecular weight is 465 g/mol. The summed E-state index contributed by atoms with van der Waals surface area (Å²) < 4.78 is 5.88. The number of fused-ring (bicyclic) bond motifs is 2. The van der Waals surface area contributed by atoms with Gasteiger partial charge in [0, 0.05) is 37.5 Å². The molecule has 0 radical (unpaired) electrons. The molecule has 0 fully saturated rings. The molecule has 1 aliphatic rings. The summed E-state index contributed by atoms with van der Waals surface area (Å²) >= 11 is 0. The monoisotopic (exact) mass is 464 g/mol. The van der Waals surface area contributed by atoms with Crippen molar-refractivity contribution in [2.24, 2.45) is 0 Å². The lowest BCUT2D eigenvalue weighted by Crippen LogP contribution is -2.25. The number of nitrogens with one attached hydrogen (secondary N) is 1. The van der Waals surface area contributed by atoms with Gasteiger partial charge in [-0.05, 0) is 49.3 Å². The first-order valence-electron chi connectivity index (χ1n) is 11.9. The van der Waals surface area contributed by atoms with Crippen LogP contribution >= 0.6 is 0 Å². The fraction of sp³-hybridized carbons (Fsp3) is 0.423. The highest BCUT2D eigenvalue weighted by Gasteiger charge is 2.27. The minimum Gasteiger partial charge on any atom is -0.507 e. The average Bonchev–Trinajstić information content (AvgIpc) is 3.45. The van der Waals surface area contributed by atoms with Gasteiger partial charge in [0.15, 0.2) is 5.78 Å². The SMILES string of the molecule is CCCCC(=O)c1n[nH]c2cc(O)c(C(=O)N3Cc4ccc(OCCN(C)CC)cc4C3)cc12. The molecule has 3 aromatic rings. The Morgan fingerprint density at radius 2 is 1.97 bits per heavy atom. The molecule has 0 atom stereocenters. The predicted octanol–water partition coefficient (Wildman–Crippen LogP) is 4.13. The molecule has 1 amide bonds. The fourth-order valence-corrected chi connectivity index (χ4v) is 4.14. The number of H-pyrrole nitrogens is 1. The van der Waals surface area contributed by atoms with Gasteiger partial charge in [-0.15, -0.1) is 0 Å². The van der Waals surface area contributed by atoms with E-state index in [9.17, 15) is 14.7 Å². The van der Waals surface area contributed by atoms with Gasteiger partial charge in [0.2, 0.25) is 0 Å². The first-order valence-corrected chi connectivity index (χ1v) is 11.9. The molecule has 4 rings (SSSR count). The molecule has 0 unspecified atom stereocenters. The summed E-state index contributed by atoms with van der Waals surface area (Å²) in [5.74, 6) is 0.309. The summed E-state index contributed by atoms with van der Waals surface area (Å²) in [6.07, 6.45) is 2.10. The number of phenols is 1. The number of Topliss-reactive ketones (excluding diaryl/α,β-unsaturated/α-hetero) is 1. The van der Waals surface area contributed by atoms with Gasteiger partial charge in [-0.2, -0.15) is 5.10 Å². The van der Waals surface area contributed by atoms with Crippen LogP contribution in [0, 0.1) is 0 Å². The van der Waals surface area contributed by atoms with Crippen LogP contribution in [0.5, 0.6) is 11.5 Å². The maximum Gasteiger partial charge on any atom is 0.258 e. The number of phenolic OH excluding ortho intramolecular Hbond substituents is 1. The lowest BCUT2D eigenvalue weighted by atomic mass is 10.0. The van der Waals surface area contributed by atoms with Gasteiger partial charge >= 0.3 is 0 Å². The van der Waals surface area contributed by atoms with Gasteiger partial charge in [0.1, 0.15) is 23.8 Å². The van der Waals surface area contributed by atoms with Gasteiger partial charge in [0.05, 0.1) is 11.1 Å². The van der Waals surface area contributed by atoms with Crippen LogP contribution in [-0.4, -0.2) is 63.5 Å². The van der Waals surface area contributed by atoms with Gasteiger partial charge in [-0.3, -0.25) is 14.7 Å². The van der Waals surface area contributed by atoms with E-state index in [4.69, 9.17) is 4.74 Å². The fourth-order valence-electron chi connectivity index (χ4n) is 4.14. The van der Waals surface area contributed by atoms with Crippen LogP contribution in [0.1, 0.15) is 65.1 Å². The second-order valence-electron chi connectivity index (χ2n) is 8.85. The largest absolute Gasteiger partial charge is 0.507 e. The molecule has 0 saturated carbocycles. The Hall–Kier alpha value is -3.39. The molecule has 0 spiro atoms. The van der Waals surface area contributed by atoms with Crippen molar-refractivity contribution in [2.45, 2.75) is 46.2 Å². The number of unbranched alkanes of at least 4 members (excludes halogenated alkanes) is 1. The molecule has 1 aliphatic heterocycles. The molecule has 34 heavy (non-hydrogen) atoms. The second kappa shape index (κ2) is 10.3. The van der Waals surface area contributed by atoms with Crippen LogP contribution in [0.25, 0.3) is 10.9 Å². The molecule has 0 saturated heterocycles. The van der Waals surface area contributed by atoms with Crippen molar-refractivity contribution in [2.75, 3.05) is 26.7 Å². The van der Waals surface area contributed by atoms with Gasteiger partial charge < -0.3 is 19.6 Å². The topological polar surface area (TPSA) is 98.8 Å². The third kappa shape index (κ3) is 4.92. The maximum absolute atomic E-state index is 13.3. The van der Waals surface area contributed by atoms with Gasteiger partial charge in [-0.25, -0.2) is 0 Å². The number of aromatic amines is 1. The van der Waals surface area contributed by atoms with Crippen molar-refractivity contribution >= 4 is 22.6 Å². The zero-order valence-corrected chi connectivity index (χ0v) is 20.1. The first-order chi connectivity index (χ1) is 16.4. The zero-order valence-electron chi connectivity index (χ0n) is 20.1. The summed E-state index contributed by atoms with van der Waals surface area (Å²) in [6, 6.07) is 8.96. The molecule has 0 bridgehead atoms. The number of nitrogens with zero attached hydrogens (tertiary/aromatic N) is 3. The Labute approximate surface area is 199 Å². The van der Waals surface area contributed by atoms with Crippen LogP contribution < -0.4 is 4.74 Å². The summed E-state index contributed by atoms with van der Waals surface area (Å²) in [6.45, 7) is 7.44. The Bertz CT molecular complexity index is 1200. The van der Waals surface area contributed by atoms with Crippen LogP contribution in [0.4, 0.5) is 0 Å². The number of aromatic hydroxyl groups is 1. The quantitative estimate of drug-likeness (QED) is 0.438. The highest BCUT2D eigenvalue weighted by molar-refractivity contribution is 6.09. The molecule has 180 valence electrons. The van der Waals surface area contributed by atoms with Crippen LogP contribution in [0.2, 0.25) is 0 Å². The van der Waals surface area contributed by atoms with E-state index >= 15 is 0 Å². The number of benzene rings is 2. The molecule has 0 aliphatic carbocycles. The van der Waals surface area contributed by atoms with Crippen molar-refractivity contribution in [3.63, 3.8) is 0 Å². The van der Waals surface area contributed by atoms with E-state index in [0.29, 0.717) is 42.7 Å². The number of likely N-dealkylation sites (N-methyl/N-ethyl adjacent to an activating group) is 1. The van der Waals surface area contributed by atoms with E-state index in [0.717, 1.165) is 42.8 Å². The number of rotatable bonds is 10. The number of hydrogen-bond acceptors (Lipinski definition) is 6. The summed E-state index contributed by atoms with van der Waals surface area (Å²) in [5.41, 5.74) is 3.12. The predicted molar refractivity (Wildman–Crippen MR) is 130 cm³/mol. The molecule has 8 heteroatoms. The Balaban J connectivity index is 1.50. The molecule has 8 nitrogen and oxygen atoms in total. The summed E-state index contributed by atoms with van der Waals surface area (Å²) in [5, 5.41) is 18.0. The number of ether oxygens (including phenoxy) is 1. The van der Waals surface area contributed by atoms with E-state index in [1.165, 1.54) is 6.07 Å². The van der Waals surface area contributed by atoms with Crippen molar-refractivity contribution in [1.82, 2.24) is 20.0 Å². The normalized spacial score (nSPS) is 13.0. The second-order valence-corrected chi connectivity index (χ2v) is 8.85. The smallest absolute Gasteiger partial charge is 0.258 e. The molecule has 1 aromatic heterocycles. The molecule has 2 N–H and O–H groups in total. The third-order valence-corrected chi connectivity index (χ3v) is 6.40. The van der Waals surface area contributed by atoms with Crippen molar-refractivity contribution in [3.05, 3.63) is 52.7 Å².